The van der Waals surface area contributed by atoms with Crippen molar-refractivity contribution in [3.8, 4) is 5.75 Å². The van der Waals surface area contributed by atoms with Crippen LogP contribution in [0.25, 0.3) is 0 Å². The third kappa shape index (κ3) is 4.22. The molecule has 1 fully saturated rings. The summed E-state index contributed by atoms with van der Waals surface area (Å²) in [5, 5.41) is 0. The molecule has 0 radical (unpaired) electrons. The molecule has 1 saturated heterocycles. The number of hydrogen-bond donors (Lipinski definition) is 0. The third-order valence-electron chi connectivity index (χ3n) is 3.77. The number of halogens is 1. The standard InChI is InChI=1S/C16H24BrNO/c1-12-5-4-6-18(11-12)7-8-19-16-14(3)9-13(2)10-15(16)17/h9-10,12H,4-8,11H2,1-3H3. The van der Waals surface area contributed by atoms with Crippen molar-refractivity contribution in [3.05, 3.63) is 27.7 Å². The maximum atomic E-state index is 5.97. The van der Waals surface area contributed by atoms with Crippen LogP contribution in [0.4, 0.5) is 0 Å². The Kier molecular flexibility index (Phi) is 5.28. The summed E-state index contributed by atoms with van der Waals surface area (Å²) in [6.07, 6.45) is 2.70. The van der Waals surface area contributed by atoms with Gasteiger partial charge in [0.2, 0.25) is 0 Å². The lowest BCUT2D eigenvalue weighted by Gasteiger charge is -2.30. The van der Waals surface area contributed by atoms with Crippen LogP contribution < -0.4 is 4.74 Å². The van der Waals surface area contributed by atoms with Crippen LogP contribution in [-0.4, -0.2) is 31.1 Å². The van der Waals surface area contributed by atoms with Crippen molar-refractivity contribution >= 4 is 15.9 Å². The first kappa shape index (κ1) is 14.9. The number of benzene rings is 1. The summed E-state index contributed by atoms with van der Waals surface area (Å²) in [5.41, 5.74) is 2.47. The number of piperidine rings is 1. The quantitative estimate of drug-likeness (QED) is 0.823. The van der Waals surface area contributed by atoms with E-state index in [1.165, 1.54) is 37.1 Å². The summed E-state index contributed by atoms with van der Waals surface area (Å²) in [4.78, 5) is 2.52. The van der Waals surface area contributed by atoms with E-state index in [9.17, 15) is 0 Å². The molecule has 0 saturated carbocycles. The normalized spacial score (nSPS) is 20.5. The lowest BCUT2D eigenvalue weighted by atomic mass is 10.0. The maximum Gasteiger partial charge on any atom is 0.136 e. The number of aryl methyl sites for hydroxylation is 2. The lowest BCUT2D eigenvalue weighted by molar-refractivity contribution is 0.153. The maximum absolute atomic E-state index is 5.97. The number of rotatable bonds is 4. The van der Waals surface area contributed by atoms with Crippen LogP contribution in [0, 0.1) is 19.8 Å². The topological polar surface area (TPSA) is 12.5 Å². The largest absolute Gasteiger partial charge is 0.491 e. The Bertz CT molecular complexity index is 410. The van der Waals surface area contributed by atoms with Crippen molar-refractivity contribution < 1.29 is 4.74 Å². The molecule has 106 valence electrons. The van der Waals surface area contributed by atoms with Crippen molar-refractivity contribution in [2.24, 2.45) is 5.92 Å². The lowest BCUT2D eigenvalue weighted by Crippen LogP contribution is -2.37. The van der Waals surface area contributed by atoms with E-state index >= 15 is 0 Å². The minimum Gasteiger partial charge on any atom is -0.491 e. The Morgan fingerprint density at radius 3 is 2.84 bits per heavy atom. The molecule has 1 heterocycles. The molecule has 0 aliphatic carbocycles. The predicted molar refractivity (Wildman–Crippen MR) is 83.9 cm³/mol. The summed E-state index contributed by atoms with van der Waals surface area (Å²) < 4.78 is 7.04. The minimum atomic E-state index is 0.773. The SMILES string of the molecule is Cc1cc(C)c(OCCN2CCCC(C)C2)c(Br)c1. The van der Waals surface area contributed by atoms with E-state index in [0.29, 0.717) is 0 Å². The second kappa shape index (κ2) is 6.76. The molecule has 1 aliphatic heterocycles. The van der Waals surface area contributed by atoms with Crippen molar-refractivity contribution in [2.75, 3.05) is 26.2 Å². The molecule has 1 aliphatic rings. The molecule has 0 amide bonds. The smallest absolute Gasteiger partial charge is 0.136 e. The van der Waals surface area contributed by atoms with Crippen LogP contribution in [-0.2, 0) is 0 Å². The number of ether oxygens (including phenoxy) is 1. The fourth-order valence-corrected chi connectivity index (χ4v) is 3.64. The summed E-state index contributed by atoms with van der Waals surface area (Å²) in [6, 6.07) is 4.29. The molecule has 0 bridgehead atoms. The first-order valence-electron chi connectivity index (χ1n) is 7.18. The van der Waals surface area contributed by atoms with Gasteiger partial charge in [-0.15, -0.1) is 0 Å². The van der Waals surface area contributed by atoms with Crippen molar-refractivity contribution in [1.82, 2.24) is 4.90 Å². The Balaban J connectivity index is 1.85. The van der Waals surface area contributed by atoms with Gasteiger partial charge in [0.05, 0.1) is 4.47 Å². The first-order valence-corrected chi connectivity index (χ1v) is 7.97. The molecule has 1 atom stereocenters. The van der Waals surface area contributed by atoms with Gasteiger partial charge in [-0.05, 0) is 72.3 Å². The summed E-state index contributed by atoms with van der Waals surface area (Å²) in [7, 11) is 0. The number of nitrogens with zero attached hydrogens (tertiary/aromatic N) is 1. The summed E-state index contributed by atoms with van der Waals surface area (Å²) in [5.74, 6) is 1.83. The Hall–Kier alpha value is -0.540. The molecule has 19 heavy (non-hydrogen) atoms. The molecule has 1 unspecified atom stereocenters. The number of hydrogen-bond acceptors (Lipinski definition) is 2. The van der Waals surface area contributed by atoms with Crippen LogP contribution in [0.15, 0.2) is 16.6 Å². The molecule has 2 nitrogen and oxygen atoms in total. The average molecular weight is 326 g/mol. The Labute approximate surface area is 125 Å². The highest BCUT2D eigenvalue weighted by Crippen LogP contribution is 2.30. The van der Waals surface area contributed by atoms with Crippen LogP contribution in [0.2, 0.25) is 0 Å². The van der Waals surface area contributed by atoms with Gasteiger partial charge in [0.15, 0.2) is 0 Å². The molecule has 0 spiro atoms. The Morgan fingerprint density at radius 1 is 1.37 bits per heavy atom. The van der Waals surface area contributed by atoms with Gasteiger partial charge >= 0.3 is 0 Å². The van der Waals surface area contributed by atoms with E-state index in [1.807, 2.05) is 0 Å². The van der Waals surface area contributed by atoms with Crippen LogP contribution >= 0.6 is 15.9 Å². The molecular formula is C16H24BrNO. The molecule has 0 N–H and O–H groups in total. The summed E-state index contributed by atoms with van der Waals surface area (Å²) in [6.45, 7) is 10.8. The van der Waals surface area contributed by atoms with Crippen molar-refractivity contribution in [1.29, 1.82) is 0 Å². The highest BCUT2D eigenvalue weighted by molar-refractivity contribution is 9.10. The third-order valence-corrected chi connectivity index (χ3v) is 4.36. The summed E-state index contributed by atoms with van der Waals surface area (Å²) >= 11 is 3.60. The van der Waals surface area contributed by atoms with Crippen molar-refractivity contribution in [3.63, 3.8) is 0 Å². The molecule has 1 aromatic carbocycles. The van der Waals surface area contributed by atoms with Gasteiger partial charge in [0.1, 0.15) is 12.4 Å². The second-order valence-corrected chi connectivity index (χ2v) is 6.64. The second-order valence-electron chi connectivity index (χ2n) is 5.79. The molecule has 3 heteroatoms. The van der Waals surface area contributed by atoms with Crippen LogP contribution in [0.5, 0.6) is 5.75 Å². The van der Waals surface area contributed by atoms with Gasteiger partial charge in [-0.2, -0.15) is 0 Å². The van der Waals surface area contributed by atoms with Gasteiger partial charge < -0.3 is 4.74 Å². The fraction of sp³-hybridized carbons (Fsp3) is 0.625. The zero-order valence-electron chi connectivity index (χ0n) is 12.2. The van der Waals surface area contributed by atoms with E-state index in [2.05, 4.69) is 53.7 Å². The van der Waals surface area contributed by atoms with Gasteiger partial charge in [0, 0.05) is 13.1 Å². The highest BCUT2D eigenvalue weighted by Gasteiger charge is 2.16. The average Bonchev–Trinajstić information content (AvgIpc) is 2.32. The molecule has 2 rings (SSSR count). The van der Waals surface area contributed by atoms with E-state index in [-0.39, 0.29) is 0 Å². The highest BCUT2D eigenvalue weighted by atomic mass is 79.9. The monoisotopic (exact) mass is 325 g/mol. The molecule has 1 aromatic rings. The van der Waals surface area contributed by atoms with Crippen LogP contribution in [0.3, 0.4) is 0 Å². The number of likely N-dealkylation sites (tertiary alicyclic amines) is 1. The fourth-order valence-electron chi connectivity index (χ4n) is 2.85. The van der Waals surface area contributed by atoms with Gasteiger partial charge in [-0.1, -0.05) is 13.0 Å². The van der Waals surface area contributed by atoms with Crippen LogP contribution in [0.1, 0.15) is 30.9 Å². The first-order chi connectivity index (χ1) is 9.06. The Morgan fingerprint density at radius 2 is 2.16 bits per heavy atom. The van der Waals surface area contributed by atoms with Gasteiger partial charge in [-0.3, -0.25) is 4.90 Å². The van der Waals surface area contributed by atoms with Gasteiger partial charge in [0.25, 0.3) is 0 Å². The molecule has 0 aromatic heterocycles. The predicted octanol–water partition coefficient (Wildman–Crippen LogP) is 4.18. The van der Waals surface area contributed by atoms with E-state index in [0.717, 1.165) is 29.3 Å². The van der Waals surface area contributed by atoms with E-state index in [1.54, 1.807) is 0 Å². The zero-order valence-corrected chi connectivity index (χ0v) is 13.8. The van der Waals surface area contributed by atoms with E-state index in [4.69, 9.17) is 4.74 Å². The van der Waals surface area contributed by atoms with Crippen molar-refractivity contribution in [2.45, 2.75) is 33.6 Å². The molecular weight excluding hydrogens is 302 g/mol. The zero-order chi connectivity index (χ0) is 13.8. The minimum absolute atomic E-state index is 0.773. The van der Waals surface area contributed by atoms with E-state index < -0.39 is 0 Å². The van der Waals surface area contributed by atoms with Gasteiger partial charge in [-0.25, -0.2) is 0 Å².